The molecule has 2 aliphatic rings. The van der Waals surface area contributed by atoms with Gasteiger partial charge in [-0.25, -0.2) is 0 Å². The van der Waals surface area contributed by atoms with Crippen molar-refractivity contribution in [3.63, 3.8) is 0 Å². The van der Waals surface area contributed by atoms with Gasteiger partial charge in [-0.2, -0.15) is 0 Å². The second-order valence-electron chi connectivity index (χ2n) is 25.9. The van der Waals surface area contributed by atoms with Crippen LogP contribution in [0.3, 0.4) is 0 Å². The van der Waals surface area contributed by atoms with Gasteiger partial charge < -0.3 is 9.80 Å². The third kappa shape index (κ3) is 12.1. The summed E-state index contributed by atoms with van der Waals surface area (Å²) in [6.07, 6.45) is 12.7. The summed E-state index contributed by atoms with van der Waals surface area (Å²) < 4.78 is 0. The predicted octanol–water partition coefficient (Wildman–Crippen LogP) is 23.1. The molecule has 4 heteroatoms. The second-order valence-corrected chi connectivity index (χ2v) is 25.9. The number of fused-ring (bicyclic) bond motifs is 6. The first kappa shape index (κ1) is 61.2. The quantitative estimate of drug-likeness (QED) is 0.0400. The highest BCUT2D eigenvalue weighted by molar-refractivity contribution is 6.20. The lowest BCUT2D eigenvalue weighted by atomic mass is 9.68. The standard InChI is InChI=1S/C88H84N2O2/c1-5-7-9-11-25-35-85(91)88(86(92)36-26-12-10-8-6-2)83-59-70(66-38-47-73(48-39-66)89(4)72-31-21-15-22-32-72)45-55-79(83)80-56-46-71(60-84(80)88)68-42-51-76(52-43-68)90(74-33-23-16-24-34-74)75-49-40-67(41-50-75)69-44-54-78-77-53-37-63(3)57-81(77)87(82(78)58-69,61-64-27-17-13-18-28-64)62-65-29-19-14-20-30-65/h13-24,27-34,37-60H,5-12,25-26,35-36,61-62H2,1-4H3. The van der Waals surface area contributed by atoms with E-state index in [0.29, 0.717) is 12.8 Å². The largest absolute Gasteiger partial charge is 0.345 e. The van der Waals surface area contributed by atoms with Crippen molar-refractivity contribution >= 4 is 40.0 Å². The van der Waals surface area contributed by atoms with Crippen molar-refractivity contribution < 1.29 is 9.59 Å². The number of para-hydroxylation sites is 2. The molecular formula is C88H84N2O2. The van der Waals surface area contributed by atoms with Crippen molar-refractivity contribution in [1.29, 1.82) is 0 Å². The maximum atomic E-state index is 15.8. The van der Waals surface area contributed by atoms with Gasteiger partial charge in [0.05, 0.1) is 0 Å². The maximum absolute atomic E-state index is 15.8. The van der Waals surface area contributed by atoms with E-state index in [0.717, 1.165) is 156 Å². The molecule has 0 atom stereocenters. The number of aryl methyl sites for hydroxylation is 1. The van der Waals surface area contributed by atoms with Crippen LogP contribution in [-0.2, 0) is 33.3 Å². The van der Waals surface area contributed by atoms with E-state index in [2.05, 4.69) is 298 Å². The molecule has 11 aromatic carbocycles. The molecule has 2 aliphatic carbocycles. The van der Waals surface area contributed by atoms with Crippen molar-refractivity contribution in [3.05, 3.63) is 306 Å². The van der Waals surface area contributed by atoms with Gasteiger partial charge in [-0.3, -0.25) is 9.59 Å². The third-order valence-corrected chi connectivity index (χ3v) is 19.9. The topological polar surface area (TPSA) is 40.6 Å². The smallest absolute Gasteiger partial charge is 0.155 e. The molecule has 0 spiro atoms. The first-order chi connectivity index (χ1) is 45.2. The first-order valence-electron chi connectivity index (χ1n) is 33.8. The Kier molecular flexibility index (Phi) is 18.3. The average molecular weight is 1200 g/mol. The Morgan fingerprint density at radius 1 is 0.326 bits per heavy atom. The molecule has 11 aromatic rings. The summed E-state index contributed by atoms with van der Waals surface area (Å²) in [6, 6.07) is 97.0. The number of benzene rings is 11. The van der Waals surface area contributed by atoms with Crippen LogP contribution in [-0.4, -0.2) is 18.6 Å². The van der Waals surface area contributed by atoms with Gasteiger partial charge in [0.1, 0.15) is 5.41 Å². The van der Waals surface area contributed by atoms with Crippen LogP contribution in [0.4, 0.5) is 28.4 Å². The number of carbonyl (C=O) groups is 2. The molecule has 0 unspecified atom stereocenters. The van der Waals surface area contributed by atoms with Crippen LogP contribution in [0, 0.1) is 6.92 Å². The fourth-order valence-electron chi connectivity index (χ4n) is 15.0. The van der Waals surface area contributed by atoms with E-state index in [1.54, 1.807) is 0 Å². The Labute approximate surface area is 546 Å². The molecule has 0 saturated carbocycles. The molecule has 0 heterocycles. The van der Waals surface area contributed by atoms with Crippen molar-refractivity contribution in [1.82, 2.24) is 0 Å². The molecule has 0 fully saturated rings. The van der Waals surface area contributed by atoms with Crippen LogP contribution < -0.4 is 9.80 Å². The van der Waals surface area contributed by atoms with Gasteiger partial charge in [-0.05, 0) is 200 Å². The van der Waals surface area contributed by atoms with Crippen LogP contribution in [0.2, 0.25) is 0 Å². The molecule has 0 aromatic heterocycles. The second kappa shape index (κ2) is 27.4. The normalized spacial score (nSPS) is 13.0. The molecule has 0 aliphatic heterocycles. The Morgan fingerprint density at radius 3 is 1.09 bits per heavy atom. The number of rotatable bonds is 26. The number of ketones is 2. The molecule has 0 saturated heterocycles. The number of carbonyl (C=O) groups excluding carboxylic acids is 2. The van der Waals surface area contributed by atoms with Gasteiger partial charge in [-0.15, -0.1) is 0 Å². The van der Waals surface area contributed by atoms with Crippen molar-refractivity contribution in [2.45, 2.75) is 121 Å². The molecule has 4 nitrogen and oxygen atoms in total. The summed E-state index contributed by atoms with van der Waals surface area (Å²) in [5.41, 5.74) is 23.0. The zero-order valence-corrected chi connectivity index (χ0v) is 54.0. The number of hydrogen-bond donors (Lipinski definition) is 0. The third-order valence-electron chi connectivity index (χ3n) is 19.9. The van der Waals surface area contributed by atoms with Crippen LogP contribution in [0.5, 0.6) is 0 Å². The van der Waals surface area contributed by atoms with E-state index in [9.17, 15) is 0 Å². The maximum Gasteiger partial charge on any atom is 0.155 e. The minimum absolute atomic E-state index is 0.0256. The summed E-state index contributed by atoms with van der Waals surface area (Å²) in [5.74, 6) is 0.0511. The number of unbranched alkanes of at least 4 members (excludes halogenated alkanes) is 8. The van der Waals surface area contributed by atoms with Gasteiger partial charge >= 0.3 is 0 Å². The summed E-state index contributed by atoms with van der Waals surface area (Å²) in [7, 11) is 2.09. The van der Waals surface area contributed by atoms with E-state index in [1.165, 1.54) is 44.5 Å². The summed E-state index contributed by atoms with van der Waals surface area (Å²) in [4.78, 5) is 36.0. The van der Waals surface area contributed by atoms with E-state index in [-0.39, 0.29) is 17.0 Å². The van der Waals surface area contributed by atoms with Gasteiger partial charge in [0.25, 0.3) is 0 Å². The summed E-state index contributed by atoms with van der Waals surface area (Å²) in [6.45, 7) is 6.67. The number of nitrogens with zero attached hydrogens (tertiary/aromatic N) is 2. The molecular weight excluding hydrogens is 1120 g/mol. The summed E-state index contributed by atoms with van der Waals surface area (Å²) >= 11 is 0. The highest BCUT2D eigenvalue weighted by Crippen LogP contribution is 2.56. The van der Waals surface area contributed by atoms with E-state index in [4.69, 9.17) is 0 Å². The number of hydrogen-bond acceptors (Lipinski definition) is 4. The molecule has 458 valence electrons. The zero-order valence-electron chi connectivity index (χ0n) is 54.0. The van der Waals surface area contributed by atoms with E-state index in [1.807, 2.05) is 6.07 Å². The Morgan fingerprint density at radius 2 is 0.652 bits per heavy atom. The number of Topliss-reactive ketones (excluding diaryl/α,β-unsaturated/α-hetero) is 2. The van der Waals surface area contributed by atoms with Crippen LogP contribution in [0.15, 0.2) is 267 Å². The Hall–Kier alpha value is -9.64. The highest BCUT2D eigenvalue weighted by atomic mass is 16.2. The predicted molar refractivity (Wildman–Crippen MR) is 386 cm³/mol. The number of anilines is 5. The molecule has 0 amide bonds. The zero-order chi connectivity index (χ0) is 63.0. The Balaban J connectivity index is 0.847. The lowest BCUT2D eigenvalue weighted by Crippen LogP contribution is -2.43. The van der Waals surface area contributed by atoms with Gasteiger partial charge in [0, 0.05) is 53.7 Å². The lowest BCUT2D eigenvalue weighted by molar-refractivity contribution is -0.133. The highest BCUT2D eigenvalue weighted by Gasteiger charge is 2.54. The SMILES string of the molecule is CCCCCCCC(=O)C1(C(=O)CCCCCCC)c2cc(-c3ccc(N(C)c4ccccc4)cc3)ccc2-c2ccc(-c3ccc(N(c4ccccc4)c4ccc(-c5ccc6c(c5)C(Cc5ccccc5)(Cc5ccccc5)c5cc(C)ccc5-6)cc4)cc3)cc21. The minimum atomic E-state index is -1.42. The molecule has 0 N–H and O–H groups in total. The van der Waals surface area contributed by atoms with Crippen molar-refractivity contribution in [2.24, 2.45) is 0 Å². The minimum Gasteiger partial charge on any atom is -0.345 e. The summed E-state index contributed by atoms with van der Waals surface area (Å²) in [5, 5.41) is 0. The van der Waals surface area contributed by atoms with Crippen molar-refractivity contribution in [3.8, 4) is 55.6 Å². The average Bonchev–Trinajstić information content (AvgIpc) is 1.55. The molecule has 0 radical (unpaired) electrons. The van der Waals surface area contributed by atoms with Gasteiger partial charge in [0.15, 0.2) is 11.6 Å². The first-order valence-corrected chi connectivity index (χ1v) is 33.8. The Bertz CT molecular complexity index is 4280. The van der Waals surface area contributed by atoms with Crippen LogP contribution in [0.1, 0.15) is 130 Å². The van der Waals surface area contributed by atoms with Crippen LogP contribution in [0.25, 0.3) is 55.6 Å². The van der Waals surface area contributed by atoms with Crippen molar-refractivity contribution in [2.75, 3.05) is 16.8 Å². The molecule has 13 rings (SSSR count). The van der Waals surface area contributed by atoms with E-state index < -0.39 is 5.41 Å². The lowest BCUT2D eigenvalue weighted by Gasteiger charge is -2.33. The van der Waals surface area contributed by atoms with Crippen LogP contribution >= 0.6 is 0 Å². The monoisotopic (exact) mass is 1200 g/mol. The molecule has 0 bridgehead atoms. The fourth-order valence-corrected chi connectivity index (χ4v) is 15.0. The fraction of sp³-hybridized carbons (Fsp3) is 0.227. The van der Waals surface area contributed by atoms with E-state index >= 15 is 9.59 Å². The van der Waals surface area contributed by atoms with Gasteiger partial charge in [0.2, 0.25) is 0 Å². The molecule has 92 heavy (non-hydrogen) atoms. The van der Waals surface area contributed by atoms with Gasteiger partial charge in [-0.1, -0.05) is 259 Å².